The van der Waals surface area contributed by atoms with Gasteiger partial charge in [-0.25, -0.2) is 4.79 Å². The second-order valence-electron chi connectivity index (χ2n) is 13.2. The lowest BCUT2D eigenvalue weighted by atomic mass is 9.88. The summed E-state index contributed by atoms with van der Waals surface area (Å²) in [6.07, 6.45) is -1.53. The number of carbonyl (C=O) groups is 5. The zero-order valence-electron chi connectivity index (χ0n) is 27.5. The third-order valence-electron chi connectivity index (χ3n) is 7.02. The van der Waals surface area contributed by atoms with Gasteiger partial charge >= 0.3 is 18.0 Å². The number of carboxylic acid groups (broad SMARTS) is 1. The predicted octanol–water partition coefficient (Wildman–Crippen LogP) is 3.90. The molecule has 46 heavy (non-hydrogen) atoms. The average molecular weight is 640 g/mol. The summed E-state index contributed by atoms with van der Waals surface area (Å²) in [5, 5.41) is 16.2. The summed E-state index contributed by atoms with van der Waals surface area (Å²) in [7, 11) is 0. The Kier molecular flexibility index (Phi) is 11.9. The molecule has 1 aliphatic carbocycles. The van der Waals surface area contributed by atoms with Gasteiger partial charge < -0.3 is 35.3 Å². The van der Waals surface area contributed by atoms with Crippen LogP contribution >= 0.6 is 0 Å². The van der Waals surface area contributed by atoms with Crippen LogP contribution in [0.3, 0.4) is 0 Å². The standard InChI is InChI=1S/C34H45N3O9/c1-20(30(41)37-25(19-44-33(2,3)4)31(42)35-18-27(38)39)36-32(43)45-26(16-17-28(40)46-34(5,6)7)29-23-14-10-8-12-21(23)22-13-9-11-15-24(22)29/h8-15,20,25-26,29H,16-19H2,1-7H3,(H,35,42)(H,36,43)(H,37,41)(H,38,39)/t20-,25-,26?/m0/s1. The van der Waals surface area contributed by atoms with Crippen LogP contribution < -0.4 is 16.0 Å². The normalized spacial score (nSPS) is 14.6. The van der Waals surface area contributed by atoms with Gasteiger partial charge in [0.2, 0.25) is 11.8 Å². The van der Waals surface area contributed by atoms with E-state index >= 15 is 0 Å². The van der Waals surface area contributed by atoms with Gasteiger partial charge in [0.25, 0.3) is 0 Å². The first-order valence-corrected chi connectivity index (χ1v) is 15.3. The third-order valence-corrected chi connectivity index (χ3v) is 7.02. The summed E-state index contributed by atoms with van der Waals surface area (Å²) in [6, 6.07) is 13.2. The Morgan fingerprint density at radius 3 is 1.91 bits per heavy atom. The van der Waals surface area contributed by atoms with E-state index in [0.29, 0.717) is 0 Å². The molecule has 3 rings (SSSR count). The van der Waals surface area contributed by atoms with Crippen molar-refractivity contribution in [2.45, 2.75) is 96.6 Å². The summed E-state index contributed by atoms with van der Waals surface area (Å²) >= 11 is 0. The molecule has 2 aromatic rings. The van der Waals surface area contributed by atoms with E-state index in [9.17, 15) is 24.0 Å². The topological polar surface area (TPSA) is 169 Å². The molecule has 0 radical (unpaired) electrons. The first-order valence-electron chi connectivity index (χ1n) is 15.3. The molecule has 3 amide bonds. The summed E-state index contributed by atoms with van der Waals surface area (Å²) in [5.74, 6) is -3.52. The highest BCUT2D eigenvalue weighted by atomic mass is 16.6. The quantitative estimate of drug-likeness (QED) is 0.238. The molecular formula is C34H45N3O9. The molecule has 0 spiro atoms. The number of amides is 3. The van der Waals surface area contributed by atoms with E-state index in [1.807, 2.05) is 48.5 Å². The zero-order chi connectivity index (χ0) is 34.2. The number of carbonyl (C=O) groups excluding carboxylic acids is 4. The van der Waals surface area contributed by atoms with E-state index in [4.69, 9.17) is 19.3 Å². The molecule has 2 aromatic carbocycles. The molecule has 4 N–H and O–H groups in total. The Labute approximate surface area is 269 Å². The molecule has 0 heterocycles. The fraction of sp³-hybridized carbons (Fsp3) is 0.500. The molecule has 3 atom stereocenters. The summed E-state index contributed by atoms with van der Waals surface area (Å²) in [5.41, 5.74) is 2.59. The van der Waals surface area contributed by atoms with E-state index < -0.39 is 65.8 Å². The van der Waals surface area contributed by atoms with Gasteiger partial charge in [-0.15, -0.1) is 0 Å². The monoisotopic (exact) mass is 639 g/mol. The van der Waals surface area contributed by atoms with E-state index in [0.717, 1.165) is 22.3 Å². The van der Waals surface area contributed by atoms with Gasteiger partial charge in [0, 0.05) is 12.3 Å². The number of carboxylic acids is 1. The summed E-state index contributed by atoms with van der Waals surface area (Å²) in [4.78, 5) is 62.6. The van der Waals surface area contributed by atoms with Gasteiger partial charge in [0.15, 0.2) is 0 Å². The Morgan fingerprint density at radius 1 is 0.826 bits per heavy atom. The second kappa shape index (κ2) is 15.2. The fourth-order valence-corrected chi connectivity index (χ4v) is 5.05. The minimum absolute atomic E-state index is 0.00694. The van der Waals surface area contributed by atoms with Crippen molar-refractivity contribution in [3.63, 3.8) is 0 Å². The molecule has 12 heteroatoms. The maximum atomic E-state index is 13.3. The molecule has 0 bridgehead atoms. The number of esters is 1. The Bertz CT molecular complexity index is 1380. The van der Waals surface area contributed by atoms with E-state index in [-0.39, 0.29) is 25.4 Å². The number of hydrogen-bond donors (Lipinski definition) is 4. The average Bonchev–Trinajstić information content (AvgIpc) is 3.29. The molecule has 0 aliphatic heterocycles. The van der Waals surface area contributed by atoms with Crippen molar-refractivity contribution in [1.82, 2.24) is 16.0 Å². The number of fused-ring (bicyclic) bond motifs is 3. The van der Waals surface area contributed by atoms with Crippen molar-refractivity contribution < 1.29 is 43.3 Å². The van der Waals surface area contributed by atoms with E-state index in [1.165, 1.54) is 6.92 Å². The van der Waals surface area contributed by atoms with E-state index in [1.54, 1.807) is 41.5 Å². The SMILES string of the molecule is C[C@H](NC(=O)OC(CCC(=O)OC(C)(C)C)C1c2ccccc2-c2ccccc21)C(=O)N[C@@H](COC(C)(C)C)C(=O)NCC(=O)O. The highest BCUT2D eigenvalue weighted by Crippen LogP contribution is 2.47. The molecule has 1 aliphatic rings. The number of ether oxygens (including phenoxy) is 3. The minimum Gasteiger partial charge on any atom is -0.480 e. The number of hydrogen-bond acceptors (Lipinski definition) is 8. The van der Waals surface area contributed by atoms with Crippen LogP contribution in [-0.4, -0.2) is 77.5 Å². The number of alkyl carbamates (subject to hydrolysis) is 1. The van der Waals surface area contributed by atoms with Gasteiger partial charge in [0.1, 0.15) is 30.3 Å². The number of nitrogens with one attached hydrogen (secondary N) is 3. The van der Waals surface area contributed by atoms with Gasteiger partial charge in [-0.3, -0.25) is 19.2 Å². The first kappa shape index (κ1) is 36.0. The van der Waals surface area contributed by atoms with Crippen molar-refractivity contribution in [2.75, 3.05) is 13.2 Å². The maximum absolute atomic E-state index is 13.3. The van der Waals surface area contributed by atoms with Crippen molar-refractivity contribution in [3.8, 4) is 11.1 Å². The maximum Gasteiger partial charge on any atom is 0.408 e. The number of aliphatic carboxylic acids is 1. The van der Waals surface area contributed by atoms with Crippen molar-refractivity contribution >= 4 is 29.8 Å². The van der Waals surface area contributed by atoms with Crippen LogP contribution in [0.2, 0.25) is 0 Å². The Hall–Kier alpha value is -4.45. The molecule has 0 saturated carbocycles. The molecule has 1 unspecified atom stereocenters. The van der Waals surface area contributed by atoms with Gasteiger partial charge in [-0.1, -0.05) is 48.5 Å². The highest BCUT2D eigenvalue weighted by Gasteiger charge is 2.37. The predicted molar refractivity (Wildman–Crippen MR) is 170 cm³/mol. The molecule has 0 aromatic heterocycles. The lowest BCUT2D eigenvalue weighted by molar-refractivity contribution is -0.155. The Balaban J connectivity index is 1.77. The highest BCUT2D eigenvalue weighted by molar-refractivity contribution is 5.92. The van der Waals surface area contributed by atoms with Crippen LogP contribution in [0.4, 0.5) is 4.79 Å². The number of benzene rings is 2. The van der Waals surface area contributed by atoms with Crippen LogP contribution in [0, 0.1) is 0 Å². The van der Waals surface area contributed by atoms with Crippen LogP contribution in [0.25, 0.3) is 11.1 Å². The minimum atomic E-state index is -1.25. The Morgan fingerprint density at radius 2 is 1.39 bits per heavy atom. The molecule has 0 fully saturated rings. The van der Waals surface area contributed by atoms with Crippen molar-refractivity contribution in [3.05, 3.63) is 59.7 Å². The molecular weight excluding hydrogens is 594 g/mol. The molecule has 250 valence electrons. The van der Waals surface area contributed by atoms with Crippen LogP contribution in [0.1, 0.15) is 78.4 Å². The second-order valence-corrected chi connectivity index (χ2v) is 13.2. The van der Waals surface area contributed by atoms with Gasteiger partial charge in [-0.05, 0) is 77.1 Å². The van der Waals surface area contributed by atoms with Crippen LogP contribution in [0.5, 0.6) is 0 Å². The van der Waals surface area contributed by atoms with Gasteiger partial charge in [0.05, 0.1) is 12.2 Å². The largest absolute Gasteiger partial charge is 0.480 e. The lowest BCUT2D eigenvalue weighted by Gasteiger charge is -2.28. The van der Waals surface area contributed by atoms with Crippen LogP contribution in [0.15, 0.2) is 48.5 Å². The first-order chi connectivity index (χ1) is 21.4. The van der Waals surface area contributed by atoms with Crippen molar-refractivity contribution in [2.24, 2.45) is 0 Å². The smallest absolute Gasteiger partial charge is 0.408 e. The molecule has 12 nitrogen and oxygen atoms in total. The third kappa shape index (κ3) is 10.6. The zero-order valence-corrected chi connectivity index (χ0v) is 27.5. The van der Waals surface area contributed by atoms with Gasteiger partial charge in [-0.2, -0.15) is 0 Å². The van der Waals surface area contributed by atoms with Crippen LogP contribution in [-0.2, 0) is 33.4 Å². The lowest BCUT2D eigenvalue weighted by Crippen LogP contribution is -2.55. The fourth-order valence-electron chi connectivity index (χ4n) is 5.05. The van der Waals surface area contributed by atoms with E-state index in [2.05, 4.69) is 16.0 Å². The summed E-state index contributed by atoms with van der Waals surface area (Å²) < 4.78 is 17.1. The summed E-state index contributed by atoms with van der Waals surface area (Å²) in [6.45, 7) is 11.2. The molecule has 0 saturated heterocycles. The van der Waals surface area contributed by atoms with Crippen molar-refractivity contribution in [1.29, 1.82) is 0 Å². The number of rotatable bonds is 13.